The van der Waals surface area contributed by atoms with Crippen LogP contribution in [0.2, 0.25) is 0 Å². The lowest BCUT2D eigenvalue weighted by Gasteiger charge is -2.07. The predicted octanol–water partition coefficient (Wildman–Crippen LogP) is 2.65. The Balaban J connectivity index is 2.68. The van der Waals surface area contributed by atoms with E-state index in [2.05, 4.69) is 25.3 Å². The molecule has 1 heteroatoms. The number of rotatable bonds is 1. The van der Waals surface area contributed by atoms with Gasteiger partial charge in [0.2, 0.25) is 0 Å². The van der Waals surface area contributed by atoms with Crippen LogP contribution in [0.1, 0.15) is 37.6 Å². The SMILES string of the molecule is C=c1cc2c(cc1C(C)F)=C=CC(C)CC2. The van der Waals surface area contributed by atoms with Gasteiger partial charge in [0, 0.05) is 5.22 Å². The summed E-state index contributed by atoms with van der Waals surface area (Å²) in [5.41, 5.74) is 5.21. The topological polar surface area (TPSA) is 0 Å². The Labute approximate surface area is 95.8 Å². The van der Waals surface area contributed by atoms with Gasteiger partial charge in [-0.1, -0.05) is 19.6 Å². The lowest BCUT2D eigenvalue weighted by molar-refractivity contribution is 0.372. The molecule has 0 amide bonds. The second-order valence-corrected chi connectivity index (χ2v) is 4.65. The number of alkyl halides is 1. The average molecular weight is 216 g/mol. The maximum atomic E-state index is 13.4. The molecule has 0 heterocycles. The van der Waals surface area contributed by atoms with Crippen LogP contribution in [0.25, 0.3) is 12.3 Å². The van der Waals surface area contributed by atoms with Crippen LogP contribution in [0.4, 0.5) is 4.39 Å². The van der Waals surface area contributed by atoms with Gasteiger partial charge in [-0.15, -0.1) is 5.73 Å². The summed E-state index contributed by atoms with van der Waals surface area (Å²) in [7, 11) is 0. The zero-order valence-corrected chi connectivity index (χ0v) is 9.89. The minimum atomic E-state index is -0.958. The molecule has 16 heavy (non-hydrogen) atoms. The summed E-state index contributed by atoms with van der Waals surface area (Å²) < 4.78 is 13.4. The second kappa shape index (κ2) is 4.27. The van der Waals surface area contributed by atoms with E-state index in [4.69, 9.17) is 0 Å². The van der Waals surface area contributed by atoms with Crippen molar-refractivity contribution in [1.29, 1.82) is 0 Å². The van der Waals surface area contributed by atoms with Gasteiger partial charge >= 0.3 is 0 Å². The van der Waals surface area contributed by atoms with E-state index in [-0.39, 0.29) is 0 Å². The highest BCUT2D eigenvalue weighted by molar-refractivity contribution is 5.36. The molecular formula is C15H17F. The first-order valence-electron chi connectivity index (χ1n) is 5.80. The smallest absolute Gasteiger partial charge is 0.123 e. The van der Waals surface area contributed by atoms with Gasteiger partial charge in [-0.25, -0.2) is 4.39 Å². The summed E-state index contributed by atoms with van der Waals surface area (Å²) in [4.78, 5) is 0. The Kier molecular flexibility index (Phi) is 2.98. The largest absolute Gasteiger partial charge is 0.243 e. The summed E-state index contributed by atoms with van der Waals surface area (Å²) in [5, 5.41) is 1.85. The van der Waals surface area contributed by atoms with Crippen LogP contribution in [-0.4, -0.2) is 0 Å². The van der Waals surface area contributed by atoms with E-state index >= 15 is 0 Å². The maximum Gasteiger partial charge on any atom is 0.123 e. The molecule has 0 saturated heterocycles. The van der Waals surface area contributed by atoms with Crippen LogP contribution < -0.4 is 10.4 Å². The van der Waals surface area contributed by atoms with Crippen LogP contribution in [0.3, 0.4) is 0 Å². The first-order chi connectivity index (χ1) is 7.58. The van der Waals surface area contributed by atoms with Crippen molar-refractivity contribution in [3.63, 3.8) is 0 Å². The molecule has 1 aromatic rings. The molecule has 0 bridgehead atoms. The molecule has 0 aromatic heterocycles. The molecule has 0 nitrogen and oxygen atoms in total. The van der Waals surface area contributed by atoms with Gasteiger partial charge in [0.15, 0.2) is 0 Å². The molecular weight excluding hydrogens is 199 g/mol. The highest BCUT2D eigenvalue weighted by atomic mass is 19.1. The molecule has 0 N–H and O–H groups in total. The molecule has 2 rings (SSSR count). The molecule has 0 saturated carbocycles. The Morgan fingerprint density at radius 2 is 2.25 bits per heavy atom. The number of hydrogen-bond acceptors (Lipinski definition) is 0. The first-order valence-corrected chi connectivity index (χ1v) is 5.80. The van der Waals surface area contributed by atoms with Gasteiger partial charge in [0.05, 0.1) is 0 Å². The molecule has 0 radical (unpaired) electrons. The highest BCUT2D eigenvalue weighted by Crippen LogP contribution is 2.13. The third-order valence-electron chi connectivity index (χ3n) is 3.19. The van der Waals surface area contributed by atoms with Crippen molar-refractivity contribution in [3.8, 4) is 0 Å². The van der Waals surface area contributed by atoms with Gasteiger partial charge in [-0.3, -0.25) is 0 Å². The lowest BCUT2D eigenvalue weighted by atomic mass is 9.99. The molecule has 84 valence electrons. The van der Waals surface area contributed by atoms with Gasteiger partial charge < -0.3 is 0 Å². The third kappa shape index (κ3) is 2.10. The molecule has 2 unspecified atom stereocenters. The molecule has 2 atom stereocenters. The minimum absolute atomic E-state index is 0.548. The van der Waals surface area contributed by atoms with Gasteiger partial charge in [0.25, 0.3) is 0 Å². The maximum absolute atomic E-state index is 13.4. The third-order valence-corrected chi connectivity index (χ3v) is 3.19. The zero-order valence-electron chi connectivity index (χ0n) is 9.89. The standard InChI is InChI=1S/C15H17F/c1-10-4-6-13-8-11(2)15(12(3)16)9-14(13)7-5-10/h5,8-10,12H,2,4,6H2,1,3H3. The van der Waals surface area contributed by atoms with E-state index in [1.165, 1.54) is 5.56 Å². The minimum Gasteiger partial charge on any atom is -0.243 e. The number of halogens is 1. The molecule has 1 aliphatic rings. The van der Waals surface area contributed by atoms with E-state index in [0.717, 1.165) is 23.3 Å². The normalized spacial score (nSPS) is 20.8. The van der Waals surface area contributed by atoms with Crippen molar-refractivity contribution < 1.29 is 4.39 Å². The Bertz CT molecular complexity index is 533. The summed E-state index contributed by atoms with van der Waals surface area (Å²) in [6, 6.07) is 3.91. The molecule has 0 aliphatic heterocycles. The number of aryl methyl sites for hydroxylation is 1. The fourth-order valence-electron chi connectivity index (χ4n) is 2.12. The number of benzene rings is 1. The number of hydrogen-bond donors (Lipinski definition) is 0. The fraction of sp³-hybridized carbons (Fsp3) is 0.400. The number of allylic oxidation sites excluding steroid dienone is 1. The van der Waals surface area contributed by atoms with Crippen LogP contribution in [0, 0.1) is 5.92 Å². The summed E-state index contributed by atoms with van der Waals surface area (Å²) in [5.74, 6) is 0.548. The zero-order chi connectivity index (χ0) is 11.7. The average Bonchev–Trinajstić information content (AvgIpc) is 2.40. The summed E-state index contributed by atoms with van der Waals surface area (Å²) >= 11 is 0. The van der Waals surface area contributed by atoms with Crippen LogP contribution in [-0.2, 0) is 6.42 Å². The van der Waals surface area contributed by atoms with Crippen molar-refractivity contribution in [3.05, 3.63) is 39.8 Å². The van der Waals surface area contributed by atoms with Crippen molar-refractivity contribution in [2.24, 2.45) is 5.92 Å². The van der Waals surface area contributed by atoms with Crippen LogP contribution in [0.15, 0.2) is 18.2 Å². The van der Waals surface area contributed by atoms with Crippen LogP contribution in [0.5, 0.6) is 0 Å². The lowest BCUT2D eigenvalue weighted by Crippen LogP contribution is -2.18. The monoisotopic (exact) mass is 216 g/mol. The van der Waals surface area contributed by atoms with E-state index in [0.29, 0.717) is 11.5 Å². The Morgan fingerprint density at radius 3 is 2.94 bits per heavy atom. The summed E-state index contributed by atoms with van der Waals surface area (Å²) in [6.07, 6.45) is 3.29. The quantitative estimate of drug-likeness (QED) is 0.677. The number of fused-ring (bicyclic) bond motifs is 1. The van der Waals surface area contributed by atoms with Gasteiger partial charge in [0.1, 0.15) is 6.17 Å². The van der Waals surface area contributed by atoms with Gasteiger partial charge in [-0.2, -0.15) is 0 Å². The molecule has 1 aliphatic carbocycles. The summed E-state index contributed by atoms with van der Waals surface area (Å²) in [6.45, 7) is 7.66. The van der Waals surface area contributed by atoms with E-state index in [9.17, 15) is 4.39 Å². The Morgan fingerprint density at radius 1 is 1.50 bits per heavy atom. The van der Waals surface area contributed by atoms with Crippen molar-refractivity contribution in [2.75, 3.05) is 0 Å². The van der Waals surface area contributed by atoms with Crippen molar-refractivity contribution in [1.82, 2.24) is 0 Å². The molecule has 0 fully saturated rings. The molecule has 0 spiro atoms. The van der Waals surface area contributed by atoms with E-state index < -0.39 is 6.17 Å². The van der Waals surface area contributed by atoms with Crippen molar-refractivity contribution >= 4 is 12.3 Å². The van der Waals surface area contributed by atoms with Crippen LogP contribution >= 0.6 is 0 Å². The van der Waals surface area contributed by atoms with E-state index in [1.54, 1.807) is 6.92 Å². The molecule has 1 aromatic carbocycles. The van der Waals surface area contributed by atoms with Gasteiger partial charge in [-0.05, 0) is 54.2 Å². The Hall–Kier alpha value is -1.33. The fourth-order valence-corrected chi connectivity index (χ4v) is 2.12. The predicted molar refractivity (Wildman–Crippen MR) is 66.2 cm³/mol. The van der Waals surface area contributed by atoms with E-state index in [1.807, 2.05) is 12.1 Å². The first kappa shape index (κ1) is 11.2. The highest BCUT2D eigenvalue weighted by Gasteiger charge is 2.09. The van der Waals surface area contributed by atoms with Crippen molar-refractivity contribution in [2.45, 2.75) is 32.9 Å². The second-order valence-electron chi connectivity index (χ2n) is 4.65.